The van der Waals surface area contributed by atoms with Crippen LogP contribution >= 0.6 is 0 Å². The minimum Gasteiger partial charge on any atom is -0.475 e. The summed E-state index contributed by atoms with van der Waals surface area (Å²) in [6, 6.07) is 0. The molecule has 0 spiro atoms. The van der Waals surface area contributed by atoms with Crippen LogP contribution in [0.4, 0.5) is 0 Å². The standard InChI is InChI=1S/C8H10N2O2/c1-2-3-5-10-6-4-9-7(10)8(11)12/h2,4,6H,1,3,5H2,(H,11,12). The molecule has 0 aromatic carbocycles. The van der Waals surface area contributed by atoms with E-state index in [2.05, 4.69) is 11.6 Å². The molecule has 1 heterocycles. The Hall–Kier alpha value is -1.58. The van der Waals surface area contributed by atoms with Crippen LogP contribution < -0.4 is 0 Å². The van der Waals surface area contributed by atoms with Gasteiger partial charge in [0.25, 0.3) is 0 Å². The highest BCUT2D eigenvalue weighted by molar-refractivity contribution is 5.83. The fraction of sp³-hybridized carbons (Fsp3) is 0.250. The summed E-state index contributed by atoms with van der Waals surface area (Å²) in [6.45, 7) is 4.17. The van der Waals surface area contributed by atoms with Gasteiger partial charge in [-0.1, -0.05) is 6.08 Å². The third-order valence-corrected chi connectivity index (χ3v) is 1.48. The topological polar surface area (TPSA) is 55.1 Å². The number of aryl methyl sites for hydroxylation is 1. The van der Waals surface area contributed by atoms with E-state index in [0.29, 0.717) is 6.54 Å². The lowest BCUT2D eigenvalue weighted by Gasteiger charge is -2.00. The van der Waals surface area contributed by atoms with Gasteiger partial charge in [0.1, 0.15) is 0 Å². The van der Waals surface area contributed by atoms with Crippen LogP contribution in [0.3, 0.4) is 0 Å². The lowest BCUT2D eigenvalue weighted by molar-refractivity contribution is 0.0678. The largest absolute Gasteiger partial charge is 0.475 e. The summed E-state index contributed by atoms with van der Waals surface area (Å²) in [4.78, 5) is 14.2. The van der Waals surface area contributed by atoms with Gasteiger partial charge in [-0.15, -0.1) is 6.58 Å². The van der Waals surface area contributed by atoms with E-state index in [1.165, 1.54) is 6.20 Å². The molecule has 0 aliphatic rings. The highest BCUT2D eigenvalue weighted by atomic mass is 16.4. The van der Waals surface area contributed by atoms with Gasteiger partial charge in [0.05, 0.1) is 0 Å². The minimum absolute atomic E-state index is 0.0804. The predicted molar refractivity (Wildman–Crippen MR) is 44.0 cm³/mol. The van der Waals surface area contributed by atoms with Gasteiger partial charge in [-0.05, 0) is 6.42 Å². The Bertz CT molecular complexity index is 291. The maximum atomic E-state index is 10.5. The van der Waals surface area contributed by atoms with Crippen molar-refractivity contribution in [1.29, 1.82) is 0 Å². The molecule has 0 radical (unpaired) electrons. The number of nitrogens with zero attached hydrogens (tertiary/aromatic N) is 2. The van der Waals surface area contributed by atoms with E-state index in [-0.39, 0.29) is 5.82 Å². The van der Waals surface area contributed by atoms with Crippen LogP contribution in [0.15, 0.2) is 25.0 Å². The first-order chi connectivity index (χ1) is 5.75. The number of carbonyl (C=O) groups is 1. The number of rotatable bonds is 4. The average molecular weight is 166 g/mol. The number of hydrogen-bond donors (Lipinski definition) is 1. The van der Waals surface area contributed by atoms with E-state index in [9.17, 15) is 4.79 Å². The molecule has 12 heavy (non-hydrogen) atoms. The summed E-state index contributed by atoms with van der Waals surface area (Å²) in [7, 11) is 0. The van der Waals surface area contributed by atoms with E-state index < -0.39 is 5.97 Å². The zero-order chi connectivity index (χ0) is 8.97. The Labute approximate surface area is 70.2 Å². The van der Waals surface area contributed by atoms with Crippen molar-refractivity contribution in [2.45, 2.75) is 13.0 Å². The van der Waals surface area contributed by atoms with Crippen LogP contribution in [0.1, 0.15) is 17.0 Å². The normalized spacial score (nSPS) is 9.67. The fourth-order valence-electron chi connectivity index (χ4n) is 0.918. The first-order valence-electron chi connectivity index (χ1n) is 3.61. The molecule has 0 unspecified atom stereocenters. The second kappa shape index (κ2) is 3.71. The van der Waals surface area contributed by atoms with Crippen LogP contribution in [0.5, 0.6) is 0 Å². The quantitative estimate of drug-likeness (QED) is 0.683. The second-order valence-corrected chi connectivity index (χ2v) is 2.33. The molecule has 1 aromatic heterocycles. The molecule has 0 aliphatic heterocycles. The van der Waals surface area contributed by atoms with Gasteiger partial charge < -0.3 is 9.67 Å². The zero-order valence-corrected chi connectivity index (χ0v) is 6.60. The molecule has 1 aromatic rings. The number of carboxylic acid groups (broad SMARTS) is 1. The lowest BCUT2D eigenvalue weighted by Crippen LogP contribution is -2.08. The van der Waals surface area contributed by atoms with Gasteiger partial charge in [-0.2, -0.15) is 0 Å². The Morgan fingerprint density at radius 2 is 2.58 bits per heavy atom. The van der Waals surface area contributed by atoms with Crippen molar-refractivity contribution in [2.24, 2.45) is 0 Å². The van der Waals surface area contributed by atoms with Gasteiger partial charge in [0.2, 0.25) is 5.82 Å². The summed E-state index contributed by atoms with van der Waals surface area (Å²) in [5.41, 5.74) is 0. The highest BCUT2D eigenvalue weighted by Gasteiger charge is 2.08. The van der Waals surface area contributed by atoms with Crippen LogP contribution in [0.2, 0.25) is 0 Å². The fourth-order valence-corrected chi connectivity index (χ4v) is 0.918. The molecular formula is C8H10N2O2. The molecule has 1 rings (SSSR count). The molecule has 0 atom stereocenters. The number of aromatic carboxylic acids is 1. The molecular weight excluding hydrogens is 156 g/mol. The van der Waals surface area contributed by atoms with Crippen molar-refractivity contribution in [3.8, 4) is 0 Å². The number of aromatic nitrogens is 2. The van der Waals surface area contributed by atoms with Crippen LogP contribution in [-0.2, 0) is 6.54 Å². The van der Waals surface area contributed by atoms with E-state index in [1.54, 1.807) is 16.8 Å². The monoisotopic (exact) mass is 166 g/mol. The Morgan fingerprint density at radius 3 is 3.17 bits per heavy atom. The molecule has 0 saturated carbocycles. The zero-order valence-electron chi connectivity index (χ0n) is 6.60. The van der Waals surface area contributed by atoms with E-state index in [4.69, 9.17) is 5.11 Å². The molecule has 0 saturated heterocycles. The maximum Gasteiger partial charge on any atom is 0.372 e. The van der Waals surface area contributed by atoms with Crippen molar-refractivity contribution < 1.29 is 9.90 Å². The summed E-state index contributed by atoms with van der Waals surface area (Å²) in [5, 5.41) is 8.64. The summed E-state index contributed by atoms with van der Waals surface area (Å²) in [6.07, 6.45) is 5.61. The summed E-state index contributed by atoms with van der Waals surface area (Å²) < 4.78 is 1.59. The highest BCUT2D eigenvalue weighted by Crippen LogP contribution is 1.99. The molecule has 1 N–H and O–H groups in total. The van der Waals surface area contributed by atoms with Gasteiger partial charge >= 0.3 is 5.97 Å². The molecule has 0 fully saturated rings. The van der Waals surface area contributed by atoms with Gasteiger partial charge in [0, 0.05) is 18.9 Å². The minimum atomic E-state index is -0.996. The van der Waals surface area contributed by atoms with E-state index in [1.807, 2.05) is 0 Å². The average Bonchev–Trinajstić information content (AvgIpc) is 2.48. The number of allylic oxidation sites excluding steroid dienone is 1. The van der Waals surface area contributed by atoms with Gasteiger partial charge in [0.15, 0.2) is 0 Å². The number of hydrogen-bond acceptors (Lipinski definition) is 2. The lowest BCUT2D eigenvalue weighted by atomic mass is 10.4. The van der Waals surface area contributed by atoms with Gasteiger partial charge in [-0.25, -0.2) is 9.78 Å². The van der Waals surface area contributed by atoms with Crippen molar-refractivity contribution in [3.05, 3.63) is 30.9 Å². The summed E-state index contributed by atoms with van der Waals surface area (Å²) >= 11 is 0. The van der Waals surface area contributed by atoms with Crippen LogP contribution in [0.25, 0.3) is 0 Å². The molecule has 4 heteroatoms. The van der Waals surface area contributed by atoms with E-state index >= 15 is 0 Å². The van der Waals surface area contributed by atoms with Crippen molar-refractivity contribution in [3.63, 3.8) is 0 Å². The first kappa shape index (κ1) is 8.52. The van der Waals surface area contributed by atoms with Crippen LogP contribution in [-0.4, -0.2) is 20.6 Å². The summed E-state index contributed by atoms with van der Waals surface area (Å²) in [5.74, 6) is -0.916. The van der Waals surface area contributed by atoms with Crippen molar-refractivity contribution in [1.82, 2.24) is 9.55 Å². The molecule has 0 aliphatic carbocycles. The number of imidazole rings is 1. The smallest absolute Gasteiger partial charge is 0.372 e. The Balaban J connectivity index is 2.76. The van der Waals surface area contributed by atoms with Crippen molar-refractivity contribution >= 4 is 5.97 Å². The Morgan fingerprint density at radius 1 is 1.83 bits per heavy atom. The molecule has 64 valence electrons. The second-order valence-electron chi connectivity index (χ2n) is 2.33. The molecule has 4 nitrogen and oxygen atoms in total. The third kappa shape index (κ3) is 1.72. The number of carboxylic acids is 1. The Kier molecular flexibility index (Phi) is 2.63. The maximum absolute atomic E-state index is 10.5. The molecule has 0 amide bonds. The van der Waals surface area contributed by atoms with E-state index in [0.717, 1.165) is 6.42 Å². The third-order valence-electron chi connectivity index (χ3n) is 1.48. The predicted octanol–water partition coefficient (Wildman–Crippen LogP) is 1.16. The van der Waals surface area contributed by atoms with Gasteiger partial charge in [-0.3, -0.25) is 0 Å². The first-order valence-corrected chi connectivity index (χ1v) is 3.61. The molecule has 0 bridgehead atoms. The van der Waals surface area contributed by atoms with Crippen molar-refractivity contribution in [2.75, 3.05) is 0 Å². The van der Waals surface area contributed by atoms with Crippen LogP contribution in [0, 0.1) is 0 Å². The SMILES string of the molecule is C=CCCn1ccnc1C(=O)O.